The second-order valence-electron chi connectivity index (χ2n) is 6.85. The number of aromatic nitrogens is 2. The normalized spacial score (nSPS) is 13.6. The van der Waals surface area contributed by atoms with E-state index in [-0.39, 0.29) is 11.5 Å². The number of aromatic carboxylic acids is 1. The number of halogens is 1. The molecule has 6 heteroatoms. The maximum absolute atomic E-state index is 13.0. The summed E-state index contributed by atoms with van der Waals surface area (Å²) in [4.78, 5) is 19.5. The highest BCUT2D eigenvalue weighted by Crippen LogP contribution is 2.39. The zero-order valence-corrected chi connectivity index (χ0v) is 15.6. The van der Waals surface area contributed by atoms with Gasteiger partial charge in [0, 0.05) is 0 Å². The molecule has 0 atom stereocenters. The molecule has 0 saturated carbocycles. The minimum absolute atomic E-state index is 0.0577. The zero-order chi connectivity index (χ0) is 20.2. The molecule has 146 valence electrons. The van der Waals surface area contributed by atoms with Crippen LogP contribution in [0.1, 0.15) is 46.6 Å². The first-order valence-corrected chi connectivity index (χ1v) is 9.35. The van der Waals surface area contributed by atoms with Crippen molar-refractivity contribution in [3.05, 3.63) is 89.3 Å². The lowest BCUT2D eigenvalue weighted by molar-refractivity contribution is 0.0690. The van der Waals surface area contributed by atoms with E-state index < -0.39 is 5.97 Å². The first kappa shape index (κ1) is 18.8. The average molecular weight is 390 g/mol. The Hall–Kier alpha value is -3.54. The Kier molecular flexibility index (Phi) is 5.33. The number of hydrogen-bond acceptors (Lipinski definition) is 4. The summed E-state index contributed by atoms with van der Waals surface area (Å²) >= 11 is 0. The third-order valence-corrected chi connectivity index (χ3v) is 4.88. The number of carboxylic acid groups (broad SMARTS) is 1. The van der Waals surface area contributed by atoms with Gasteiger partial charge in [-0.05, 0) is 65.8 Å². The maximum atomic E-state index is 13.0. The fourth-order valence-corrected chi connectivity index (χ4v) is 3.48. The van der Waals surface area contributed by atoms with Crippen LogP contribution in [0.15, 0.2) is 60.9 Å². The van der Waals surface area contributed by atoms with Crippen LogP contribution in [0, 0.1) is 5.82 Å². The lowest BCUT2D eigenvalue weighted by Crippen LogP contribution is -2.03. The fourth-order valence-electron chi connectivity index (χ4n) is 3.48. The Morgan fingerprint density at radius 3 is 2.66 bits per heavy atom. The topological polar surface area (TPSA) is 72.3 Å². The van der Waals surface area contributed by atoms with Gasteiger partial charge < -0.3 is 9.84 Å². The molecule has 1 aliphatic rings. The van der Waals surface area contributed by atoms with Crippen LogP contribution in [-0.2, 0) is 6.61 Å². The predicted octanol–water partition coefficient (Wildman–Crippen LogP) is 4.99. The molecule has 3 aromatic rings. The molecule has 2 aromatic carbocycles. The molecule has 0 radical (unpaired) electrons. The van der Waals surface area contributed by atoms with Crippen LogP contribution in [0.5, 0.6) is 5.75 Å². The summed E-state index contributed by atoms with van der Waals surface area (Å²) in [6.45, 7) is 0.349. The van der Waals surface area contributed by atoms with Crippen molar-refractivity contribution in [1.82, 2.24) is 9.97 Å². The summed E-state index contributed by atoms with van der Waals surface area (Å²) in [6, 6.07) is 14.0. The summed E-state index contributed by atoms with van der Waals surface area (Å²) in [5, 5.41) is 9.18. The summed E-state index contributed by atoms with van der Waals surface area (Å²) in [7, 11) is 0. The average Bonchev–Trinajstić information content (AvgIpc) is 3.24. The quantitative estimate of drug-likeness (QED) is 0.642. The second kappa shape index (κ2) is 8.22. The molecule has 0 saturated heterocycles. The van der Waals surface area contributed by atoms with Crippen molar-refractivity contribution in [3.63, 3.8) is 0 Å². The van der Waals surface area contributed by atoms with Gasteiger partial charge in [-0.2, -0.15) is 0 Å². The molecule has 0 spiro atoms. The Morgan fingerprint density at radius 1 is 1.07 bits per heavy atom. The predicted molar refractivity (Wildman–Crippen MR) is 107 cm³/mol. The van der Waals surface area contributed by atoms with Crippen LogP contribution in [0.4, 0.5) is 4.39 Å². The summed E-state index contributed by atoms with van der Waals surface area (Å²) in [6.07, 6.45) is 5.56. The molecule has 5 nitrogen and oxygen atoms in total. The number of ether oxygens (including phenoxy) is 1. The van der Waals surface area contributed by atoms with Crippen molar-refractivity contribution in [1.29, 1.82) is 0 Å². The number of nitrogens with zero attached hydrogens (tertiary/aromatic N) is 2. The van der Waals surface area contributed by atoms with Crippen molar-refractivity contribution in [2.24, 2.45) is 0 Å². The molecular formula is C23H19FN2O3. The van der Waals surface area contributed by atoms with Gasteiger partial charge in [0.05, 0.1) is 18.1 Å². The van der Waals surface area contributed by atoms with E-state index in [1.54, 1.807) is 18.3 Å². The van der Waals surface area contributed by atoms with Crippen molar-refractivity contribution in [2.75, 3.05) is 0 Å². The molecule has 1 heterocycles. The monoisotopic (exact) mass is 390 g/mol. The number of benzene rings is 2. The molecule has 29 heavy (non-hydrogen) atoms. The SMILES string of the molecule is O=C(O)c1cncc(C2=C(c3cccc(OCc4ccc(F)cc4)c3)CCC2)n1. The highest BCUT2D eigenvalue weighted by molar-refractivity contribution is 5.93. The van der Waals surface area contributed by atoms with Crippen LogP contribution in [0.3, 0.4) is 0 Å². The molecule has 1 aliphatic carbocycles. The lowest BCUT2D eigenvalue weighted by Gasteiger charge is -2.11. The number of carboxylic acids is 1. The lowest BCUT2D eigenvalue weighted by atomic mass is 10.00. The number of carbonyl (C=O) groups is 1. The highest BCUT2D eigenvalue weighted by Gasteiger charge is 2.20. The van der Waals surface area contributed by atoms with E-state index in [9.17, 15) is 14.3 Å². The molecular weight excluding hydrogens is 371 g/mol. The molecule has 0 fully saturated rings. The van der Waals surface area contributed by atoms with Gasteiger partial charge in [-0.3, -0.25) is 4.98 Å². The van der Waals surface area contributed by atoms with E-state index in [0.717, 1.165) is 47.3 Å². The highest BCUT2D eigenvalue weighted by atomic mass is 19.1. The van der Waals surface area contributed by atoms with Gasteiger partial charge in [0.25, 0.3) is 0 Å². The van der Waals surface area contributed by atoms with Crippen molar-refractivity contribution >= 4 is 17.1 Å². The number of hydrogen-bond donors (Lipinski definition) is 1. The van der Waals surface area contributed by atoms with E-state index >= 15 is 0 Å². The number of allylic oxidation sites excluding steroid dienone is 2. The fraction of sp³-hybridized carbons (Fsp3) is 0.174. The van der Waals surface area contributed by atoms with Gasteiger partial charge in [-0.25, -0.2) is 14.2 Å². The van der Waals surface area contributed by atoms with E-state index in [1.807, 2.05) is 24.3 Å². The molecule has 0 amide bonds. The van der Waals surface area contributed by atoms with Crippen LogP contribution in [-0.4, -0.2) is 21.0 Å². The molecule has 1 aromatic heterocycles. The van der Waals surface area contributed by atoms with Gasteiger partial charge in [-0.15, -0.1) is 0 Å². The van der Waals surface area contributed by atoms with Crippen LogP contribution >= 0.6 is 0 Å². The second-order valence-corrected chi connectivity index (χ2v) is 6.85. The Bertz CT molecular complexity index is 1080. The third-order valence-electron chi connectivity index (χ3n) is 4.88. The van der Waals surface area contributed by atoms with Crippen LogP contribution in [0.25, 0.3) is 11.1 Å². The third kappa shape index (κ3) is 4.32. The zero-order valence-electron chi connectivity index (χ0n) is 15.6. The van der Waals surface area contributed by atoms with Crippen LogP contribution < -0.4 is 4.74 Å². The van der Waals surface area contributed by atoms with Gasteiger partial charge >= 0.3 is 5.97 Å². The van der Waals surface area contributed by atoms with E-state index in [1.165, 1.54) is 18.3 Å². The number of rotatable bonds is 6. The van der Waals surface area contributed by atoms with Crippen LogP contribution in [0.2, 0.25) is 0 Å². The Balaban J connectivity index is 1.59. The van der Waals surface area contributed by atoms with Crippen molar-refractivity contribution in [2.45, 2.75) is 25.9 Å². The van der Waals surface area contributed by atoms with Gasteiger partial charge in [0.15, 0.2) is 5.69 Å². The summed E-state index contributed by atoms with van der Waals surface area (Å²) < 4.78 is 18.9. The van der Waals surface area contributed by atoms with E-state index in [2.05, 4.69) is 9.97 Å². The van der Waals surface area contributed by atoms with E-state index in [0.29, 0.717) is 12.3 Å². The molecule has 4 rings (SSSR count). The van der Waals surface area contributed by atoms with Crippen molar-refractivity contribution < 1.29 is 19.0 Å². The van der Waals surface area contributed by atoms with Crippen molar-refractivity contribution in [3.8, 4) is 5.75 Å². The first-order chi connectivity index (χ1) is 14.1. The first-order valence-electron chi connectivity index (χ1n) is 9.35. The molecule has 0 bridgehead atoms. The molecule has 0 unspecified atom stereocenters. The molecule has 1 N–H and O–H groups in total. The minimum Gasteiger partial charge on any atom is -0.489 e. The Morgan fingerprint density at radius 2 is 1.86 bits per heavy atom. The Labute approximate surface area is 167 Å². The van der Waals surface area contributed by atoms with Gasteiger partial charge in [-0.1, -0.05) is 24.3 Å². The van der Waals surface area contributed by atoms with Gasteiger partial charge in [0.2, 0.25) is 0 Å². The summed E-state index contributed by atoms with van der Waals surface area (Å²) in [5.74, 6) is -0.641. The smallest absolute Gasteiger partial charge is 0.356 e. The van der Waals surface area contributed by atoms with E-state index in [4.69, 9.17) is 4.74 Å². The summed E-state index contributed by atoms with van der Waals surface area (Å²) in [5.41, 5.74) is 4.62. The van der Waals surface area contributed by atoms with Gasteiger partial charge in [0.1, 0.15) is 18.2 Å². The maximum Gasteiger partial charge on any atom is 0.356 e. The standard InChI is InChI=1S/C23H19FN2O3/c24-17-9-7-15(8-10-17)14-29-18-4-1-3-16(11-18)19-5-2-6-20(19)21-12-25-13-22(26-21)23(27)28/h1,3-4,7-13H,2,5-6,14H2,(H,27,28). The largest absolute Gasteiger partial charge is 0.489 e. The minimum atomic E-state index is -1.09. The molecule has 0 aliphatic heterocycles.